The minimum absolute atomic E-state index is 0.0443. The lowest BCUT2D eigenvalue weighted by Crippen LogP contribution is -2.42. The minimum atomic E-state index is -3.58. The van der Waals surface area contributed by atoms with Crippen molar-refractivity contribution in [2.45, 2.75) is 50.5 Å². The summed E-state index contributed by atoms with van der Waals surface area (Å²) in [7, 11) is -2.25. The van der Waals surface area contributed by atoms with E-state index in [-0.39, 0.29) is 22.1 Å². The van der Waals surface area contributed by atoms with E-state index in [4.69, 9.17) is 0 Å². The predicted molar refractivity (Wildman–Crippen MR) is 126 cm³/mol. The van der Waals surface area contributed by atoms with Gasteiger partial charge in [-0.1, -0.05) is 45.0 Å². The SMILES string of the molecule is COC(=O)c1ccc(CNC(=O)C2CCN(S(=O)(=O)c3ccc(C(C)(C)C)cc3)CC2)cc1. The van der Waals surface area contributed by atoms with Crippen molar-refractivity contribution in [3.05, 3.63) is 65.2 Å². The number of hydrogen-bond acceptors (Lipinski definition) is 5. The molecule has 1 aliphatic rings. The van der Waals surface area contributed by atoms with Crippen molar-refractivity contribution in [1.29, 1.82) is 0 Å². The second-order valence-electron chi connectivity index (χ2n) is 9.36. The third-order valence-electron chi connectivity index (χ3n) is 6.02. The van der Waals surface area contributed by atoms with Crippen molar-refractivity contribution in [2.24, 2.45) is 5.92 Å². The Morgan fingerprint density at radius 3 is 2.09 bits per heavy atom. The lowest BCUT2D eigenvalue weighted by molar-refractivity contribution is -0.126. The van der Waals surface area contributed by atoms with E-state index in [1.165, 1.54) is 11.4 Å². The molecule has 8 heteroatoms. The van der Waals surface area contributed by atoms with E-state index in [1.54, 1.807) is 36.4 Å². The number of ether oxygens (including phenoxy) is 1. The Bertz CT molecular complexity index is 1080. The number of nitrogens with zero attached hydrogens (tertiary/aromatic N) is 1. The van der Waals surface area contributed by atoms with E-state index in [9.17, 15) is 18.0 Å². The molecule has 0 unspecified atom stereocenters. The van der Waals surface area contributed by atoms with Crippen LogP contribution in [-0.4, -0.2) is 44.8 Å². The first-order valence-corrected chi connectivity index (χ1v) is 12.5. The summed E-state index contributed by atoms with van der Waals surface area (Å²) in [5.41, 5.74) is 2.36. The summed E-state index contributed by atoms with van der Waals surface area (Å²) in [5.74, 6) is -0.717. The number of benzene rings is 2. The summed E-state index contributed by atoms with van der Waals surface area (Å²) < 4.78 is 32.2. The Balaban J connectivity index is 1.53. The summed E-state index contributed by atoms with van der Waals surface area (Å²) in [6.45, 7) is 7.24. The number of carbonyl (C=O) groups excluding carboxylic acids is 2. The fourth-order valence-corrected chi connectivity index (χ4v) is 5.31. The van der Waals surface area contributed by atoms with Crippen molar-refractivity contribution in [3.8, 4) is 0 Å². The number of amides is 1. The number of nitrogens with one attached hydrogen (secondary N) is 1. The van der Waals surface area contributed by atoms with Gasteiger partial charge in [-0.2, -0.15) is 4.31 Å². The van der Waals surface area contributed by atoms with Gasteiger partial charge >= 0.3 is 5.97 Å². The standard InChI is InChI=1S/C25H32N2O5S/c1-25(2,3)21-9-11-22(12-10-21)33(30,31)27-15-13-19(14-16-27)23(28)26-17-18-5-7-20(8-6-18)24(29)32-4/h5-12,19H,13-17H2,1-4H3,(H,26,28). The van der Waals surface area contributed by atoms with Crippen LogP contribution in [-0.2, 0) is 31.5 Å². The van der Waals surface area contributed by atoms with Crippen LogP contribution in [0.25, 0.3) is 0 Å². The van der Waals surface area contributed by atoms with Gasteiger partial charge in [0.05, 0.1) is 17.6 Å². The van der Waals surface area contributed by atoms with Gasteiger partial charge < -0.3 is 10.1 Å². The largest absolute Gasteiger partial charge is 0.465 e. The van der Waals surface area contributed by atoms with Crippen molar-refractivity contribution in [1.82, 2.24) is 9.62 Å². The van der Waals surface area contributed by atoms with Gasteiger partial charge in [-0.15, -0.1) is 0 Å². The van der Waals surface area contributed by atoms with Gasteiger partial charge in [0.15, 0.2) is 0 Å². The third-order valence-corrected chi connectivity index (χ3v) is 7.94. The summed E-state index contributed by atoms with van der Waals surface area (Å²) >= 11 is 0. The average Bonchev–Trinajstić information content (AvgIpc) is 2.82. The number of sulfonamides is 1. The summed E-state index contributed by atoms with van der Waals surface area (Å²) in [4.78, 5) is 24.4. The van der Waals surface area contributed by atoms with Crippen LogP contribution in [0.1, 0.15) is 55.1 Å². The Kier molecular flexibility index (Phi) is 7.59. The number of esters is 1. The topological polar surface area (TPSA) is 92.8 Å². The fourth-order valence-electron chi connectivity index (χ4n) is 3.84. The summed E-state index contributed by atoms with van der Waals surface area (Å²) in [6, 6.07) is 13.9. The molecule has 0 aliphatic carbocycles. The van der Waals surface area contributed by atoms with Crippen molar-refractivity contribution in [3.63, 3.8) is 0 Å². The van der Waals surface area contributed by atoms with Crippen molar-refractivity contribution >= 4 is 21.9 Å². The van der Waals surface area contributed by atoms with Gasteiger partial charge in [-0.25, -0.2) is 13.2 Å². The van der Waals surface area contributed by atoms with Gasteiger partial charge in [0.2, 0.25) is 15.9 Å². The zero-order valence-electron chi connectivity index (χ0n) is 19.6. The molecular weight excluding hydrogens is 440 g/mol. The number of piperidine rings is 1. The number of rotatable bonds is 6. The molecule has 33 heavy (non-hydrogen) atoms. The lowest BCUT2D eigenvalue weighted by atomic mass is 9.87. The number of methoxy groups -OCH3 is 1. The normalized spacial score (nSPS) is 15.8. The first-order chi connectivity index (χ1) is 15.5. The van der Waals surface area contributed by atoms with E-state index in [1.807, 2.05) is 12.1 Å². The molecule has 1 saturated heterocycles. The maximum Gasteiger partial charge on any atom is 0.337 e. The van der Waals surface area contributed by atoms with Gasteiger partial charge in [0.25, 0.3) is 0 Å². The van der Waals surface area contributed by atoms with E-state index >= 15 is 0 Å². The highest BCUT2D eigenvalue weighted by molar-refractivity contribution is 7.89. The first-order valence-electron chi connectivity index (χ1n) is 11.1. The molecule has 0 aromatic heterocycles. The summed E-state index contributed by atoms with van der Waals surface area (Å²) in [6.07, 6.45) is 0.957. The van der Waals surface area contributed by atoms with Crippen molar-refractivity contribution in [2.75, 3.05) is 20.2 Å². The molecule has 0 saturated carbocycles. The van der Waals surface area contributed by atoms with Gasteiger partial charge in [-0.3, -0.25) is 4.79 Å². The molecule has 0 radical (unpaired) electrons. The number of carbonyl (C=O) groups is 2. The molecule has 1 aliphatic heterocycles. The Hall–Kier alpha value is -2.71. The highest BCUT2D eigenvalue weighted by atomic mass is 32.2. The van der Waals surface area contributed by atoms with E-state index in [2.05, 4.69) is 30.8 Å². The number of hydrogen-bond donors (Lipinski definition) is 1. The third kappa shape index (κ3) is 6.00. The fraction of sp³-hybridized carbons (Fsp3) is 0.440. The average molecular weight is 473 g/mol. The molecule has 1 fully saturated rings. The monoisotopic (exact) mass is 472 g/mol. The van der Waals surface area contributed by atoms with E-state index in [0.29, 0.717) is 38.0 Å². The maximum absolute atomic E-state index is 13.0. The molecule has 2 aromatic carbocycles. The van der Waals surface area contributed by atoms with Crippen LogP contribution in [0.4, 0.5) is 0 Å². The van der Waals surface area contributed by atoms with Crippen LogP contribution in [0.3, 0.4) is 0 Å². The zero-order chi connectivity index (χ0) is 24.2. The lowest BCUT2D eigenvalue weighted by Gasteiger charge is -2.30. The van der Waals surface area contributed by atoms with E-state index in [0.717, 1.165) is 11.1 Å². The highest BCUT2D eigenvalue weighted by Crippen LogP contribution is 2.27. The van der Waals surface area contributed by atoms with Crippen LogP contribution >= 0.6 is 0 Å². The second kappa shape index (κ2) is 10.1. The molecule has 178 valence electrons. The Morgan fingerprint density at radius 2 is 1.58 bits per heavy atom. The molecule has 1 N–H and O–H groups in total. The molecule has 2 aromatic rings. The van der Waals surface area contributed by atoms with Crippen molar-refractivity contribution < 1.29 is 22.7 Å². The molecule has 1 heterocycles. The van der Waals surface area contributed by atoms with Crippen LogP contribution < -0.4 is 5.32 Å². The molecule has 7 nitrogen and oxygen atoms in total. The van der Waals surface area contributed by atoms with Crippen LogP contribution in [0, 0.1) is 5.92 Å². The van der Waals surface area contributed by atoms with Gasteiger partial charge in [-0.05, 0) is 53.6 Å². The van der Waals surface area contributed by atoms with E-state index < -0.39 is 16.0 Å². The van der Waals surface area contributed by atoms with Crippen LogP contribution in [0.15, 0.2) is 53.4 Å². The zero-order valence-corrected chi connectivity index (χ0v) is 20.4. The molecule has 0 spiro atoms. The maximum atomic E-state index is 13.0. The molecule has 0 atom stereocenters. The Labute approximate surface area is 196 Å². The smallest absolute Gasteiger partial charge is 0.337 e. The molecular formula is C25H32N2O5S. The molecule has 3 rings (SSSR count). The van der Waals surface area contributed by atoms with Gasteiger partial charge in [0, 0.05) is 25.6 Å². The molecule has 0 bridgehead atoms. The predicted octanol–water partition coefficient (Wildman–Crippen LogP) is 3.49. The minimum Gasteiger partial charge on any atom is -0.465 e. The first kappa shape index (κ1) is 24.9. The highest BCUT2D eigenvalue weighted by Gasteiger charge is 2.32. The van der Waals surface area contributed by atoms with Crippen LogP contribution in [0.2, 0.25) is 0 Å². The van der Waals surface area contributed by atoms with Crippen LogP contribution in [0.5, 0.6) is 0 Å². The quantitative estimate of drug-likeness (QED) is 0.650. The van der Waals surface area contributed by atoms with Gasteiger partial charge in [0.1, 0.15) is 0 Å². The second-order valence-corrected chi connectivity index (χ2v) is 11.3. The Morgan fingerprint density at radius 1 is 1.00 bits per heavy atom. The summed E-state index contributed by atoms with van der Waals surface area (Å²) in [5, 5.41) is 2.91. The molecule has 1 amide bonds.